The molecule has 0 aromatic carbocycles. The maximum Gasteiger partial charge on any atom is 0.306 e. The lowest BCUT2D eigenvalue weighted by atomic mass is 10.1. The molecule has 0 N–H and O–H groups in total. The summed E-state index contributed by atoms with van der Waals surface area (Å²) in [7, 11) is 0. The van der Waals surface area contributed by atoms with Crippen molar-refractivity contribution < 1.29 is 28.6 Å². The van der Waals surface area contributed by atoms with Gasteiger partial charge >= 0.3 is 17.9 Å². The first kappa shape index (κ1) is 65.1. The molecule has 0 spiro atoms. The minimum absolute atomic E-state index is 0.0847. The Morgan fingerprint density at radius 1 is 0.309 bits per heavy atom. The van der Waals surface area contributed by atoms with E-state index in [0.29, 0.717) is 19.3 Å². The van der Waals surface area contributed by atoms with Crippen molar-refractivity contribution in [3.63, 3.8) is 0 Å². The fourth-order valence-electron chi connectivity index (χ4n) is 8.28. The van der Waals surface area contributed by atoms with Gasteiger partial charge in [0.25, 0.3) is 0 Å². The predicted molar refractivity (Wildman–Crippen MR) is 293 cm³/mol. The normalized spacial score (nSPS) is 12.5. The average Bonchev–Trinajstić information content (AvgIpc) is 3.34. The summed E-state index contributed by atoms with van der Waals surface area (Å²) in [6, 6.07) is 0. The number of hydrogen-bond acceptors (Lipinski definition) is 6. The van der Waals surface area contributed by atoms with Crippen LogP contribution in [0.25, 0.3) is 0 Å². The summed E-state index contributed by atoms with van der Waals surface area (Å²) in [6.45, 7) is 6.59. The summed E-state index contributed by atoms with van der Waals surface area (Å²) in [4.78, 5) is 38.2. The van der Waals surface area contributed by atoms with E-state index in [1.807, 2.05) is 0 Å². The Kier molecular flexibility index (Phi) is 54.3. The second kappa shape index (κ2) is 56.7. The quantitative estimate of drug-likeness (QED) is 0.0199. The lowest BCUT2D eigenvalue weighted by molar-refractivity contribution is -0.167. The lowest BCUT2D eigenvalue weighted by Crippen LogP contribution is -2.30. The molecule has 0 aromatic heterocycles. The fraction of sp³-hybridized carbons (Fsp3) is 0.790. The topological polar surface area (TPSA) is 78.9 Å². The van der Waals surface area contributed by atoms with E-state index in [1.54, 1.807) is 0 Å². The zero-order valence-electron chi connectivity index (χ0n) is 45.1. The Hall–Kier alpha value is -2.89. The Labute approximate surface area is 421 Å². The van der Waals surface area contributed by atoms with Crippen LogP contribution in [0.5, 0.6) is 0 Å². The fourth-order valence-corrected chi connectivity index (χ4v) is 8.28. The number of ether oxygens (including phenoxy) is 3. The molecule has 68 heavy (non-hydrogen) atoms. The first-order valence-corrected chi connectivity index (χ1v) is 29.3. The number of carbonyl (C=O) groups excluding carboxylic acids is 3. The number of esters is 3. The molecule has 0 saturated heterocycles. The van der Waals surface area contributed by atoms with Gasteiger partial charge in [0.2, 0.25) is 0 Å². The van der Waals surface area contributed by atoms with E-state index in [4.69, 9.17) is 14.2 Å². The van der Waals surface area contributed by atoms with Gasteiger partial charge in [0.15, 0.2) is 6.10 Å². The van der Waals surface area contributed by atoms with Gasteiger partial charge < -0.3 is 14.2 Å². The van der Waals surface area contributed by atoms with Crippen LogP contribution in [0, 0.1) is 0 Å². The second-order valence-electron chi connectivity index (χ2n) is 19.6. The summed E-state index contributed by atoms with van der Waals surface area (Å²) in [5.74, 6) is -0.901. The molecule has 0 fully saturated rings. The Bertz CT molecular complexity index is 1230. The van der Waals surface area contributed by atoms with Crippen molar-refractivity contribution in [2.45, 2.75) is 303 Å². The molecule has 0 radical (unpaired) electrons. The molecule has 0 amide bonds. The Balaban J connectivity index is 4.40. The SMILES string of the molecule is CCCCC/C=C\C=C/CCCCCCCCC(=O)OCC(COC(=O)CCCCCCC/C=C\CCCCCCCCCCC)OC(=O)CCCCCCCCC/C=C\C/C=C\CCCCC. The highest BCUT2D eigenvalue weighted by Gasteiger charge is 2.19. The molecule has 0 aliphatic rings. The minimum atomic E-state index is -0.787. The van der Waals surface area contributed by atoms with Gasteiger partial charge in [0.05, 0.1) is 0 Å². The molecule has 0 rings (SSSR count). The molecular weight excluding hydrogens is 841 g/mol. The third-order valence-corrected chi connectivity index (χ3v) is 12.7. The molecular formula is C62H110O6. The number of rotatable bonds is 53. The van der Waals surface area contributed by atoms with Crippen LogP contribution in [0.15, 0.2) is 60.8 Å². The van der Waals surface area contributed by atoms with Crippen molar-refractivity contribution >= 4 is 17.9 Å². The van der Waals surface area contributed by atoms with E-state index in [2.05, 4.69) is 81.5 Å². The summed E-state index contributed by atoms with van der Waals surface area (Å²) in [5, 5.41) is 0. The molecule has 1 atom stereocenters. The highest BCUT2D eigenvalue weighted by molar-refractivity contribution is 5.71. The van der Waals surface area contributed by atoms with Gasteiger partial charge in [0, 0.05) is 19.3 Å². The maximum absolute atomic E-state index is 12.9. The van der Waals surface area contributed by atoms with Gasteiger partial charge in [-0.15, -0.1) is 0 Å². The molecule has 6 heteroatoms. The summed E-state index contributed by atoms with van der Waals surface area (Å²) < 4.78 is 16.9. The van der Waals surface area contributed by atoms with Gasteiger partial charge in [0.1, 0.15) is 13.2 Å². The van der Waals surface area contributed by atoms with E-state index in [0.717, 1.165) is 83.5 Å². The Morgan fingerprint density at radius 3 is 0.941 bits per heavy atom. The van der Waals surface area contributed by atoms with Crippen LogP contribution < -0.4 is 0 Å². The summed E-state index contributed by atoms with van der Waals surface area (Å²) in [6.07, 6.45) is 70.6. The smallest absolute Gasteiger partial charge is 0.306 e. The van der Waals surface area contributed by atoms with E-state index < -0.39 is 6.10 Å². The van der Waals surface area contributed by atoms with E-state index >= 15 is 0 Å². The van der Waals surface area contributed by atoms with Crippen LogP contribution in [0.4, 0.5) is 0 Å². The zero-order chi connectivity index (χ0) is 49.3. The molecule has 0 saturated carbocycles. The van der Waals surface area contributed by atoms with E-state index in [-0.39, 0.29) is 31.1 Å². The van der Waals surface area contributed by atoms with Crippen molar-refractivity contribution in [2.75, 3.05) is 13.2 Å². The third-order valence-electron chi connectivity index (χ3n) is 12.7. The number of allylic oxidation sites excluding steroid dienone is 10. The lowest BCUT2D eigenvalue weighted by Gasteiger charge is -2.18. The molecule has 0 aliphatic carbocycles. The van der Waals surface area contributed by atoms with Gasteiger partial charge in [-0.1, -0.05) is 236 Å². The van der Waals surface area contributed by atoms with Crippen molar-refractivity contribution in [3.05, 3.63) is 60.8 Å². The summed E-state index contributed by atoms with van der Waals surface area (Å²) in [5.41, 5.74) is 0. The van der Waals surface area contributed by atoms with Crippen LogP contribution in [0.1, 0.15) is 297 Å². The second-order valence-corrected chi connectivity index (χ2v) is 19.6. The Morgan fingerprint density at radius 2 is 0.574 bits per heavy atom. The number of unbranched alkanes of at least 4 members (excludes halogenated alkanes) is 33. The van der Waals surface area contributed by atoms with Crippen LogP contribution in [0.3, 0.4) is 0 Å². The number of hydrogen-bond donors (Lipinski definition) is 0. The van der Waals surface area contributed by atoms with E-state index in [9.17, 15) is 14.4 Å². The van der Waals surface area contributed by atoms with Crippen LogP contribution in [0.2, 0.25) is 0 Å². The maximum atomic E-state index is 12.9. The van der Waals surface area contributed by atoms with E-state index in [1.165, 1.54) is 173 Å². The molecule has 0 aromatic rings. The molecule has 394 valence electrons. The largest absolute Gasteiger partial charge is 0.462 e. The highest BCUT2D eigenvalue weighted by Crippen LogP contribution is 2.15. The van der Waals surface area contributed by atoms with Crippen molar-refractivity contribution in [1.29, 1.82) is 0 Å². The van der Waals surface area contributed by atoms with Crippen molar-refractivity contribution in [3.8, 4) is 0 Å². The highest BCUT2D eigenvalue weighted by atomic mass is 16.6. The van der Waals surface area contributed by atoms with Gasteiger partial charge in [-0.05, 0) is 103 Å². The molecule has 6 nitrogen and oxygen atoms in total. The predicted octanol–water partition coefficient (Wildman–Crippen LogP) is 19.6. The first-order chi connectivity index (χ1) is 33.5. The van der Waals surface area contributed by atoms with Crippen LogP contribution >= 0.6 is 0 Å². The standard InChI is InChI=1S/C62H110O6/c1-4-7-10-13-16-19-22-25-28-30-32-34-37-40-43-46-49-52-55-61(64)67-58-59(57-66-60(63)54-51-48-45-42-39-36-33-27-24-21-18-15-12-9-6-3)68-62(65)56-53-50-47-44-41-38-35-31-29-26-23-20-17-14-11-8-5-2/h17-18,20-21,24,26-27,29,32,34,59H,4-16,19,22-23,25,28,30-31,33,35-58H2,1-3H3/b20-17-,21-18-,27-24-,29-26-,34-32-. The minimum Gasteiger partial charge on any atom is -0.462 e. The average molecular weight is 952 g/mol. The molecule has 1 unspecified atom stereocenters. The first-order valence-electron chi connectivity index (χ1n) is 29.3. The van der Waals surface area contributed by atoms with Gasteiger partial charge in [-0.3, -0.25) is 14.4 Å². The molecule has 0 bridgehead atoms. The summed E-state index contributed by atoms with van der Waals surface area (Å²) >= 11 is 0. The zero-order valence-corrected chi connectivity index (χ0v) is 45.1. The molecule has 0 heterocycles. The van der Waals surface area contributed by atoms with Gasteiger partial charge in [-0.25, -0.2) is 0 Å². The van der Waals surface area contributed by atoms with Gasteiger partial charge in [-0.2, -0.15) is 0 Å². The van der Waals surface area contributed by atoms with Crippen LogP contribution in [-0.2, 0) is 28.6 Å². The monoisotopic (exact) mass is 951 g/mol. The number of carbonyl (C=O) groups is 3. The molecule has 0 aliphatic heterocycles. The third kappa shape index (κ3) is 54.1. The van der Waals surface area contributed by atoms with Crippen molar-refractivity contribution in [2.24, 2.45) is 0 Å². The van der Waals surface area contributed by atoms with Crippen LogP contribution in [-0.4, -0.2) is 37.2 Å². The van der Waals surface area contributed by atoms with Crippen molar-refractivity contribution in [1.82, 2.24) is 0 Å².